The van der Waals surface area contributed by atoms with Crippen LogP contribution >= 0.6 is 0 Å². The SMILES string of the molecule is Cc1nc(C)nc(-c2ccc3c4ccc(-c5nc(C)nc(C)n5)cc4n(-c4cncc(-n5c6cc(-c7nc(C)nc(C)n7)ccc6c6ccc(-c7nc(C)nc(C)n7)cc65)c4-c4ccc(C#N)cc4)c3c2)n1. The number of aryl methyl sites for hydroxylation is 8. The zero-order valence-electron chi connectivity index (χ0n) is 40.5. The Kier molecular flexibility index (Phi) is 10.2. The number of aromatic nitrogens is 15. The number of fused-ring (bicyclic) bond motifs is 6. The molecule has 7 aromatic heterocycles. The van der Waals surface area contributed by atoms with Crippen molar-refractivity contribution in [2.75, 3.05) is 0 Å². The molecule has 0 bridgehead atoms. The summed E-state index contributed by atoms with van der Waals surface area (Å²) in [5.41, 5.74) is 10.6. The van der Waals surface area contributed by atoms with Gasteiger partial charge in [0.15, 0.2) is 23.3 Å². The van der Waals surface area contributed by atoms with E-state index in [1.54, 1.807) is 0 Å². The van der Waals surface area contributed by atoms with E-state index in [2.05, 4.69) is 108 Å². The van der Waals surface area contributed by atoms with Gasteiger partial charge in [0.1, 0.15) is 46.6 Å². The van der Waals surface area contributed by atoms with Gasteiger partial charge < -0.3 is 9.13 Å². The van der Waals surface area contributed by atoms with Crippen molar-refractivity contribution < 1.29 is 0 Å². The third-order valence-corrected chi connectivity index (χ3v) is 12.7. The molecular formula is C56H42N16. The van der Waals surface area contributed by atoms with Crippen LogP contribution in [0.4, 0.5) is 0 Å². The molecule has 0 fully saturated rings. The number of rotatable bonds is 7. The minimum atomic E-state index is 0.532. The molecule has 12 aromatic rings. The van der Waals surface area contributed by atoms with Gasteiger partial charge in [-0.3, -0.25) is 4.98 Å². The molecule has 72 heavy (non-hydrogen) atoms. The molecule has 7 heterocycles. The van der Waals surface area contributed by atoms with Gasteiger partial charge in [0.2, 0.25) is 0 Å². The Morgan fingerprint density at radius 1 is 0.333 bits per heavy atom. The van der Waals surface area contributed by atoms with Crippen LogP contribution in [0.25, 0.3) is 112 Å². The molecular weight excluding hydrogens is 897 g/mol. The summed E-state index contributed by atoms with van der Waals surface area (Å²) in [4.78, 5) is 61.3. The van der Waals surface area contributed by atoms with Gasteiger partial charge in [-0.25, -0.2) is 59.8 Å². The van der Waals surface area contributed by atoms with Crippen molar-refractivity contribution in [1.82, 2.24) is 73.9 Å². The Labute approximate surface area is 412 Å². The van der Waals surface area contributed by atoms with Crippen molar-refractivity contribution >= 4 is 43.6 Å². The Morgan fingerprint density at radius 3 is 0.861 bits per heavy atom. The highest BCUT2D eigenvalue weighted by molar-refractivity contribution is 6.13. The second-order valence-electron chi connectivity index (χ2n) is 17.9. The normalized spacial score (nSPS) is 11.6. The van der Waals surface area contributed by atoms with Gasteiger partial charge in [-0.05, 0) is 97.4 Å². The second-order valence-corrected chi connectivity index (χ2v) is 17.9. The third-order valence-electron chi connectivity index (χ3n) is 12.7. The van der Waals surface area contributed by atoms with Gasteiger partial charge in [0.25, 0.3) is 0 Å². The molecule has 0 aliphatic rings. The van der Waals surface area contributed by atoms with Crippen LogP contribution in [0.15, 0.2) is 109 Å². The molecule has 0 spiro atoms. The molecule has 16 heteroatoms. The van der Waals surface area contributed by atoms with Crippen LogP contribution in [0, 0.1) is 66.7 Å². The summed E-state index contributed by atoms with van der Waals surface area (Å²) < 4.78 is 4.50. The fraction of sp³-hybridized carbons (Fsp3) is 0.143. The fourth-order valence-corrected chi connectivity index (χ4v) is 9.88. The average molecular weight is 939 g/mol. The minimum Gasteiger partial charge on any atom is -0.307 e. The van der Waals surface area contributed by atoms with Crippen LogP contribution in [0.2, 0.25) is 0 Å². The predicted octanol–water partition coefficient (Wildman–Crippen LogP) is 10.7. The van der Waals surface area contributed by atoms with E-state index >= 15 is 0 Å². The predicted molar refractivity (Wildman–Crippen MR) is 276 cm³/mol. The number of benzene rings is 5. The monoisotopic (exact) mass is 938 g/mol. The van der Waals surface area contributed by atoms with Crippen molar-refractivity contribution in [2.45, 2.75) is 55.4 Å². The van der Waals surface area contributed by atoms with Crippen molar-refractivity contribution in [1.29, 1.82) is 5.26 Å². The lowest BCUT2D eigenvalue weighted by Crippen LogP contribution is -2.06. The summed E-state index contributed by atoms with van der Waals surface area (Å²) >= 11 is 0. The van der Waals surface area contributed by atoms with E-state index in [1.807, 2.05) is 92.0 Å². The van der Waals surface area contributed by atoms with Crippen LogP contribution in [0.3, 0.4) is 0 Å². The summed E-state index contributed by atoms with van der Waals surface area (Å²) in [7, 11) is 0. The first-order valence-electron chi connectivity index (χ1n) is 23.3. The molecule has 0 saturated heterocycles. The maximum atomic E-state index is 10.1. The number of nitriles is 1. The van der Waals surface area contributed by atoms with Gasteiger partial charge in [-0.15, -0.1) is 0 Å². The molecule has 5 aromatic carbocycles. The van der Waals surface area contributed by atoms with E-state index in [0.29, 0.717) is 75.5 Å². The molecule has 0 radical (unpaired) electrons. The second kappa shape index (κ2) is 16.8. The standard InChI is InChI=1S/C56H42N16/c1-28-59-29(2)64-53(63-28)38-13-17-42-43-18-14-39(54-65-30(3)60-31(4)66-54)22-47(43)71(46(42)21-38)50-26-58-27-51(52(50)37-11-9-36(25-57)10-12-37)72-48-23-40(55-67-32(5)61-33(6)68-55)15-19-44(48)45-20-16-41(24-49(45)72)56-69-34(7)62-35(8)70-56/h9-24,26-27H,1-8H3. The highest BCUT2D eigenvalue weighted by atomic mass is 15.1. The van der Waals surface area contributed by atoms with Crippen LogP contribution in [0.5, 0.6) is 0 Å². The molecule has 0 N–H and O–H groups in total. The highest BCUT2D eigenvalue weighted by Crippen LogP contribution is 2.44. The maximum Gasteiger partial charge on any atom is 0.163 e. The number of nitrogens with zero attached hydrogens (tertiary/aromatic N) is 16. The summed E-state index contributed by atoms with van der Waals surface area (Å²) in [6.07, 6.45) is 3.81. The number of hydrogen-bond donors (Lipinski definition) is 0. The molecule has 0 aliphatic heterocycles. The summed E-state index contributed by atoms with van der Waals surface area (Å²) in [5, 5.41) is 14.1. The lowest BCUT2D eigenvalue weighted by Gasteiger charge is -2.20. The van der Waals surface area contributed by atoms with Crippen molar-refractivity contribution in [3.8, 4) is 74.1 Å². The molecule has 0 amide bonds. The van der Waals surface area contributed by atoms with Crippen molar-refractivity contribution in [2.24, 2.45) is 0 Å². The molecule has 16 nitrogen and oxygen atoms in total. The van der Waals surface area contributed by atoms with Crippen LogP contribution in [-0.2, 0) is 0 Å². The largest absolute Gasteiger partial charge is 0.307 e. The first kappa shape index (κ1) is 43.6. The van der Waals surface area contributed by atoms with Gasteiger partial charge in [-0.1, -0.05) is 60.7 Å². The highest BCUT2D eigenvalue weighted by Gasteiger charge is 2.25. The quantitative estimate of drug-likeness (QED) is 0.146. The van der Waals surface area contributed by atoms with Crippen LogP contribution in [-0.4, -0.2) is 73.9 Å². The number of pyridine rings is 1. The van der Waals surface area contributed by atoms with Gasteiger partial charge in [0.05, 0.1) is 57.5 Å². The number of hydrogen-bond acceptors (Lipinski definition) is 14. The summed E-state index contributed by atoms with van der Waals surface area (Å²) in [6, 6.07) is 35.3. The molecule has 346 valence electrons. The Morgan fingerprint density at radius 2 is 0.597 bits per heavy atom. The first-order valence-corrected chi connectivity index (χ1v) is 23.3. The molecule has 12 rings (SSSR count). The first-order chi connectivity index (χ1) is 34.8. The zero-order chi connectivity index (χ0) is 49.5. The van der Waals surface area contributed by atoms with E-state index in [0.717, 1.165) is 88.4 Å². The smallest absolute Gasteiger partial charge is 0.163 e. The molecule has 0 saturated carbocycles. The van der Waals surface area contributed by atoms with Gasteiger partial charge >= 0.3 is 0 Å². The Balaban J connectivity index is 1.22. The molecule has 0 aliphatic carbocycles. The minimum absolute atomic E-state index is 0.532. The van der Waals surface area contributed by atoms with E-state index in [4.69, 9.17) is 44.9 Å². The summed E-state index contributed by atoms with van der Waals surface area (Å²) in [5.74, 6) is 7.31. The van der Waals surface area contributed by atoms with E-state index in [9.17, 15) is 5.26 Å². The lowest BCUT2D eigenvalue weighted by molar-refractivity contribution is 0.928. The fourth-order valence-electron chi connectivity index (χ4n) is 9.88. The van der Waals surface area contributed by atoms with Gasteiger partial charge in [-0.2, -0.15) is 5.26 Å². The van der Waals surface area contributed by atoms with E-state index in [-0.39, 0.29) is 0 Å². The Bertz CT molecular complexity index is 3740. The van der Waals surface area contributed by atoms with Crippen molar-refractivity contribution in [3.63, 3.8) is 0 Å². The third kappa shape index (κ3) is 7.51. The van der Waals surface area contributed by atoms with E-state index < -0.39 is 0 Å². The average Bonchev–Trinajstić information content (AvgIpc) is 3.86. The van der Waals surface area contributed by atoms with Crippen LogP contribution < -0.4 is 0 Å². The van der Waals surface area contributed by atoms with Crippen molar-refractivity contribution in [3.05, 3.63) is 162 Å². The Hall–Kier alpha value is -9.62. The zero-order valence-corrected chi connectivity index (χ0v) is 40.5. The maximum absolute atomic E-state index is 10.1. The van der Waals surface area contributed by atoms with E-state index in [1.165, 1.54) is 0 Å². The van der Waals surface area contributed by atoms with Gasteiger partial charge in [0, 0.05) is 49.4 Å². The molecule has 0 unspecified atom stereocenters. The van der Waals surface area contributed by atoms with Crippen LogP contribution in [0.1, 0.15) is 52.2 Å². The lowest BCUT2D eigenvalue weighted by atomic mass is 10.0. The topological polar surface area (TPSA) is 201 Å². The summed E-state index contributed by atoms with van der Waals surface area (Å²) in [6.45, 7) is 15.0. The molecule has 0 atom stereocenters.